The first kappa shape index (κ1) is 37.5. The molecule has 50 heavy (non-hydrogen) atoms. The second-order valence-electron chi connectivity index (χ2n) is 13.8. The Labute approximate surface area is 303 Å². The Morgan fingerprint density at radius 3 is 2.36 bits per heavy atom. The molecule has 9 atom stereocenters. The zero-order valence-electron chi connectivity index (χ0n) is 29.0. The number of fused-ring (bicyclic) bond motifs is 1. The summed E-state index contributed by atoms with van der Waals surface area (Å²) in [7, 11) is 0. The van der Waals surface area contributed by atoms with Gasteiger partial charge in [-0.05, 0) is 36.8 Å². The minimum absolute atomic E-state index is 0.202. The van der Waals surface area contributed by atoms with Gasteiger partial charge in [-0.1, -0.05) is 103 Å². The normalized spacial score (nSPS) is 27.0. The van der Waals surface area contributed by atoms with E-state index in [1.54, 1.807) is 24.0 Å². The van der Waals surface area contributed by atoms with Gasteiger partial charge in [0.05, 0.1) is 36.6 Å². The van der Waals surface area contributed by atoms with Crippen molar-refractivity contribution in [2.45, 2.75) is 87.3 Å². The molecule has 0 saturated carbocycles. The molecule has 1 spiro atoms. The van der Waals surface area contributed by atoms with E-state index in [1.807, 2.05) is 74.5 Å². The molecule has 2 bridgehead atoms. The van der Waals surface area contributed by atoms with Crippen LogP contribution in [0, 0.1) is 17.8 Å². The average molecular weight is 751 g/mol. The molecule has 3 saturated heterocycles. The van der Waals surface area contributed by atoms with Crippen molar-refractivity contribution >= 4 is 39.6 Å². The van der Waals surface area contributed by atoms with Gasteiger partial charge in [-0.15, -0.1) is 13.2 Å². The van der Waals surface area contributed by atoms with Gasteiger partial charge in [0.2, 0.25) is 17.7 Å². The molecule has 5 rings (SSSR count). The van der Waals surface area contributed by atoms with E-state index in [1.165, 1.54) is 4.90 Å². The summed E-state index contributed by atoms with van der Waals surface area (Å²) in [5.74, 6) is -3.87. The molecule has 11 heteroatoms. The van der Waals surface area contributed by atoms with Gasteiger partial charge in [-0.25, -0.2) is 0 Å². The number of benzene rings is 2. The Kier molecular flexibility index (Phi) is 12.0. The number of carbonyl (C=O) groups is 4. The van der Waals surface area contributed by atoms with Crippen molar-refractivity contribution in [2.24, 2.45) is 17.8 Å². The summed E-state index contributed by atoms with van der Waals surface area (Å²) in [5.41, 5.74) is 0.242. The van der Waals surface area contributed by atoms with Gasteiger partial charge >= 0.3 is 5.97 Å². The molecule has 3 aliphatic rings. The van der Waals surface area contributed by atoms with Gasteiger partial charge in [0.15, 0.2) is 0 Å². The van der Waals surface area contributed by atoms with Crippen LogP contribution in [0.15, 0.2) is 86.0 Å². The van der Waals surface area contributed by atoms with Crippen molar-refractivity contribution in [3.05, 3.63) is 97.1 Å². The van der Waals surface area contributed by atoms with Crippen molar-refractivity contribution in [3.63, 3.8) is 0 Å². The topological polar surface area (TPSA) is 125 Å². The van der Waals surface area contributed by atoms with Gasteiger partial charge in [-0.2, -0.15) is 0 Å². The minimum Gasteiger partial charge on any atom is -0.455 e. The number of halogens is 1. The Morgan fingerprint density at radius 2 is 1.76 bits per heavy atom. The van der Waals surface area contributed by atoms with Crippen molar-refractivity contribution in [2.75, 3.05) is 13.2 Å². The van der Waals surface area contributed by atoms with E-state index >= 15 is 0 Å². The van der Waals surface area contributed by atoms with Crippen LogP contribution in [0.25, 0.3) is 0 Å². The summed E-state index contributed by atoms with van der Waals surface area (Å²) in [6, 6.07) is 16.3. The third kappa shape index (κ3) is 7.18. The lowest BCUT2D eigenvalue weighted by Gasteiger charge is -2.40. The molecule has 0 radical (unpaired) electrons. The summed E-state index contributed by atoms with van der Waals surface area (Å²) >= 11 is 3.74. The highest BCUT2D eigenvalue weighted by Crippen LogP contribution is 2.61. The Morgan fingerprint density at radius 1 is 1.10 bits per heavy atom. The fourth-order valence-electron chi connectivity index (χ4n) is 7.90. The maximum Gasteiger partial charge on any atom is 0.313 e. The van der Waals surface area contributed by atoms with Gasteiger partial charge in [0.25, 0.3) is 0 Å². The number of nitrogens with zero attached hydrogens (tertiary/aromatic N) is 2. The van der Waals surface area contributed by atoms with E-state index in [-0.39, 0.29) is 48.7 Å². The molecular weight excluding hydrogens is 702 g/mol. The van der Waals surface area contributed by atoms with Crippen LogP contribution in [-0.2, 0) is 35.2 Å². The summed E-state index contributed by atoms with van der Waals surface area (Å²) in [5, 5.41) is 13.6. The van der Waals surface area contributed by atoms with Crippen molar-refractivity contribution in [3.8, 4) is 0 Å². The molecule has 10 nitrogen and oxygen atoms in total. The van der Waals surface area contributed by atoms with Crippen LogP contribution in [0.3, 0.4) is 0 Å². The highest BCUT2D eigenvalue weighted by atomic mass is 79.9. The van der Waals surface area contributed by atoms with Gasteiger partial charge in [0.1, 0.15) is 17.7 Å². The van der Waals surface area contributed by atoms with Crippen LogP contribution < -0.4 is 5.32 Å². The van der Waals surface area contributed by atoms with Crippen molar-refractivity contribution in [1.82, 2.24) is 15.1 Å². The molecule has 2 aromatic rings. The van der Waals surface area contributed by atoms with Crippen LogP contribution in [-0.4, -0.2) is 86.4 Å². The summed E-state index contributed by atoms with van der Waals surface area (Å²) in [4.78, 5) is 59.5. The second kappa shape index (κ2) is 16.0. The first-order valence-electron chi connectivity index (χ1n) is 17.3. The number of amides is 3. The molecule has 3 amide bonds. The monoisotopic (exact) mass is 749 g/mol. The van der Waals surface area contributed by atoms with Crippen LogP contribution in [0.2, 0.25) is 0 Å². The molecule has 2 N–H and O–H groups in total. The molecule has 0 aromatic heterocycles. The standard InChI is InChI=1S/C39H48BrN3O7/c1-6-8-19-30(45)41-25(5)33(27-17-13-10-14-18-27)49-38(48)31-32-36(46)43(29(23-44)24(3)4)35(39(32)21-28(40)34(31)50-39)37(47)42(20-7-2)22-26-15-11-9-12-16-26/h6-7,9-18,24-25,28-29,31-35,44H,1-2,8,19-23H2,3-5H3,(H,41,45)/t25-,28?,29-,31+,32-,33-,34+,35+,39-/m0/s1. The Balaban J connectivity index is 1.52. The number of nitrogens with one attached hydrogen (secondary N) is 1. The first-order chi connectivity index (χ1) is 24.0. The lowest BCUT2D eigenvalue weighted by Crippen LogP contribution is -2.59. The lowest BCUT2D eigenvalue weighted by molar-refractivity contribution is -0.162. The number of hydrogen-bond acceptors (Lipinski definition) is 7. The maximum atomic E-state index is 14.8. The Hall–Kier alpha value is -3.80. The van der Waals surface area contributed by atoms with E-state index in [4.69, 9.17) is 9.47 Å². The quantitative estimate of drug-likeness (QED) is 0.145. The fourth-order valence-corrected chi connectivity index (χ4v) is 8.84. The molecular formula is C39H48BrN3O7. The number of likely N-dealkylation sites (tertiary alicyclic amines) is 1. The second-order valence-corrected chi connectivity index (χ2v) is 15.0. The summed E-state index contributed by atoms with van der Waals surface area (Å²) in [6.45, 7) is 13.2. The van der Waals surface area contributed by atoms with Gasteiger partial charge < -0.3 is 29.7 Å². The number of allylic oxidation sites excluding steroid dienone is 1. The summed E-state index contributed by atoms with van der Waals surface area (Å²) in [6.07, 6.45) is 2.77. The number of rotatable bonds is 16. The number of esters is 1. The zero-order valence-corrected chi connectivity index (χ0v) is 30.5. The Bertz CT molecular complexity index is 1560. The zero-order chi connectivity index (χ0) is 36.2. The molecule has 2 aromatic carbocycles. The van der Waals surface area contributed by atoms with Crippen LogP contribution >= 0.6 is 15.9 Å². The molecule has 3 heterocycles. The number of hydrogen-bond donors (Lipinski definition) is 2. The van der Waals surface area contributed by atoms with Gasteiger partial charge in [-0.3, -0.25) is 19.2 Å². The molecule has 1 unspecified atom stereocenters. The third-order valence-corrected chi connectivity index (χ3v) is 11.1. The fraction of sp³-hybridized carbons (Fsp3) is 0.487. The smallest absolute Gasteiger partial charge is 0.313 e. The third-order valence-electron chi connectivity index (χ3n) is 10.2. The van der Waals surface area contributed by atoms with E-state index in [0.29, 0.717) is 18.4 Å². The number of aliphatic hydroxyl groups excluding tert-OH is 1. The highest BCUT2D eigenvalue weighted by molar-refractivity contribution is 9.09. The van der Waals surface area contributed by atoms with E-state index in [9.17, 15) is 24.3 Å². The van der Waals surface area contributed by atoms with E-state index in [0.717, 1.165) is 5.56 Å². The average Bonchev–Trinajstić information content (AvgIpc) is 3.70. The number of carbonyl (C=O) groups excluding carboxylic acids is 4. The predicted octanol–water partition coefficient (Wildman–Crippen LogP) is 4.72. The van der Waals surface area contributed by atoms with Crippen LogP contribution in [0.4, 0.5) is 0 Å². The van der Waals surface area contributed by atoms with Crippen molar-refractivity contribution in [1.29, 1.82) is 0 Å². The van der Waals surface area contributed by atoms with Crippen LogP contribution in [0.5, 0.6) is 0 Å². The lowest BCUT2D eigenvalue weighted by atomic mass is 9.70. The maximum absolute atomic E-state index is 14.8. The van der Waals surface area contributed by atoms with Crippen molar-refractivity contribution < 1.29 is 33.8 Å². The molecule has 268 valence electrons. The molecule has 3 fully saturated rings. The van der Waals surface area contributed by atoms with Crippen LogP contribution in [0.1, 0.15) is 57.3 Å². The highest BCUT2D eigenvalue weighted by Gasteiger charge is 2.77. The number of aliphatic hydroxyl groups is 1. The largest absolute Gasteiger partial charge is 0.455 e. The van der Waals surface area contributed by atoms with Gasteiger partial charge in [0, 0.05) is 24.3 Å². The molecule has 3 aliphatic heterocycles. The predicted molar refractivity (Wildman–Crippen MR) is 193 cm³/mol. The first-order valence-corrected chi connectivity index (χ1v) is 18.2. The minimum atomic E-state index is -1.35. The van der Waals surface area contributed by atoms with E-state index < -0.39 is 59.6 Å². The van der Waals surface area contributed by atoms with E-state index in [2.05, 4.69) is 34.4 Å². The number of alkyl halides is 1. The summed E-state index contributed by atoms with van der Waals surface area (Å²) < 4.78 is 13.0. The number of ether oxygens (including phenoxy) is 2. The molecule has 0 aliphatic carbocycles. The SMILES string of the molecule is C=CCCC(=O)N[C@@H](C)[C@H](OC(=O)[C@H]1[C@@H]2O[C@@]3(CC2Br)[C@@H]1C(=O)N([C@@H](CO)C(C)C)[C@@H]3C(=O)N(CC=C)Cc1ccccc1)c1ccccc1.